The van der Waals surface area contributed by atoms with Crippen LogP contribution in [0.5, 0.6) is 17.2 Å². The van der Waals surface area contributed by atoms with E-state index >= 15 is 0 Å². The molecule has 0 spiro atoms. The molecule has 4 N–H and O–H groups in total. The molecule has 2 aromatic rings. The number of nitrogens with zero attached hydrogens (tertiary/aromatic N) is 1. The minimum Gasteiger partial charge on any atom is -0.493 e. The van der Waals surface area contributed by atoms with E-state index in [9.17, 15) is 24.4 Å². The SMILES string of the molecule is COc1cc(COP(=O)(O)Oc2ccc(C[C@H](N)C(=O)O)cc2)c([N+](=O)[O-])cc1OC. The number of hydrogen-bond donors (Lipinski definition) is 3. The first kappa shape index (κ1) is 24.1. The smallest absolute Gasteiger partial charge is 0.493 e. The zero-order valence-corrected chi connectivity index (χ0v) is 17.5. The van der Waals surface area contributed by atoms with Gasteiger partial charge in [-0.2, -0.15) is 0 Å². The van der Waals surface area contributed by atoms with Crippen LogP contribution in [0.4, 0.5) is 5.69 Å². The molecule has 0 heterocycles. The summed E-state index contributed by atoms with van der Waals surface area (Å²) in [5.41, 5.74) is 5.61. The lowest BCUT2D eigenvalue weighted by Crippen LogP contribution is -2.32. The molecule has 168 valence electrons. The summed E-state index contributed by atoms with van der Waals surface area (Å²) in [6.07, 6.45) is 0.0614. The standard InChI is InChI=1S/C18H21N2O10P/c1-27-16-8-12(15(20(23)24)9-17(16)28-2)10-29-31(25,26)30-13-5-3-11(4-6-13)7-14(19)18(21)22/h3-6,8-9,14H,7,10,19H2,1-2H3,(H,21,22)(H,25,26)/t14-/m0/s1. The fourth-order valence-corrected chi connectivity index (χ4v) is 3.28. The van der Waals surface area contributed by atoms with Gasteiger partial charge in [0.05, 0.1) is 37.4 Å². The topological polar surface area (TPSA) is 181 Å². The van der Waals surface area contributed by atoms with Crippen molar-refractivity contribution < 1.29 is 42.8 Å². The van der Waals surface area contributed by atoms with Gasteiger partial charge in [-0.15, -0.1) is 0 Å². The molecule has 2 aromatic carbocycles. The maximum Gasteiger partial charge on any atom is 0.527 e. The number of nitro benzene ring substituents is 1. The number of hydrogen-bond acceptors (Lipinski definition) is 9. The van der Waals surface area contributed by atoms with E-state index in [1.54, 1.807) is 0 Å². The van der Waals surface area contributed by atoms with Gasteiger partial charge in [-0.3, -0.25) is 24.3 Å². The molecule has 12 nitrogen and oxygen atoms in total. The molecule has 0 aliphatic carbocycles. The number of carboxylic acids is 1. The van der Waals surface area contributed by atoms with Crippen molar-refractivity contribution in [1.82, 2.24) is 0 Å². The zero-order chi connectivity index (χ0) is 23.2. The summed E-state index contributed by atoms with van der Waals surface area (Å²) < 4.78 is 32.2. The molecule has 0 aliphatic rings. The van der Waals surface area contributed by atoms with Gasteiger partial charge in [0.25, 0.3) is 5.69 Å². The minimum atomic E-state index is -4.64. The Kier molecular flexibility index (Phi) is 7.95. The van der Waals surface area contributed by atoms with E-state index in [4.69, 9.17) is 29.4 Å². The van der Waals surface area contributed by atoms with Crippen LogP contribution in [0.15, 0.2) is 36.4 Å². The molecule has 1 unspecified atom stereocenters. The van der Waals surface area contributed by atoms with Gasteiger partial charge in [0.2, 0.25) is 0 Å². The number of ether oxygens (including phenoxy) is 2. The van der Waals surface area contributed by atoms with E-state index in [1.807, 2.05) is 0 Å². The van der Waals surface area contributed by atoms with E-state index < -0.39 is 37.1 Å². The third-order valence-electron chi connectivity index (χ3n) is 4.08. The molecule has 2 rings (SSSR count). The first-order chi connectivity index (χ1) is 14.6. The third-order valence-corrected chi connectivity index (χ3v) is 4.98. The van der Waals surface area contributed by atoms with Crippen LogP contribution in [-0.2, 0) is 26.9 Å². The normalized spacial score (nSPS) is 13.7. The van der Waals surface area contributed by atoms with Gasteiger partial charge >= 0.3 is 13.8 Å². The van der Waals surface area contributed by atoms with Crippen molar-refractivity contribution >= 4 is 19.5 Å². The van der Waals surface area contributed by atoms with E-state index in [0.29, 0.717) is 5.56 Å². The van der Waals surface area contributed by atoms with Gasteiger partial charge in [0.1, 0.15) is 11.8 Å². The van der Waals surface area contributed by atoms with Crippen molar-refractivity contribution in [2.45, 2.75) is 19.1 Å². The molecule has 0 radical (unpaired) electrons. The van der Waals surface area contributed by atoms with Crippen molar-refractivity contribution in [2.24, 2.45) is 5.73 Å². The fraction of sp³-hybridized carbons (Fsp3) is 0.278. The van der Waals surface area contributed by atoms with Crippen LogP contribution in [0, 0.1) is 10.1 Å². The van der Waals surface area contributed by atoms with E-state index in [2.05, 4.69) is 0 Å². The van der Waals surface area contributed by atoms with E-state index in [1.165, 1.54) is 44.6 Å². The lowest BCUT2D eigenvalue weighted by molar-refractivity contribution is -0.385. The summed E-state index contributed by atoms with van der Waals surface area (Å²) in [4.78, 5) is 31.4. The molecule has 31 heavy (non-hydrogen) atoms. The van der Waals surface area contributed by atoms with Gasteiger partial charge in [-0.05, 0) is 30.2 Å². The molecule has 0 saturated heterocycles. The second kappa shape index (κ2) is 10.2. The average Bonchev–Trinajstić information content (AvgIpc) is 2.72. The Labute approximate surface area is 176 Å². The van der Waals surface area contributed by atoms with Gasteiger partial charge in [0, 0.05) is 0 Å². The molecule has 13 heteroatoms. The Balaban J connectivity index is 2.10. The summed E-state index contributed by atoms with van der Waals surface area (Å²) in [6, 6.07) is 6.94. The van der Waals surface area contributed by atoms with Crippen LogP contribution in [-0.4, -0.2) is 41.2 Å². The predicted molar refractivity (Wildman–Crippen MR) is 107 cm³/mol. The quantitative estimate of drug-likeness (QED) is 0.256. The lowest BCUT2D eigenvalue weighted by atomic mass is 10.1. The van der Waals surface area contributed by atoms with Crippen molar-refractivity contribution in [3.63, 3.8) is 0 Å². The number of nitro groups is 1. The highest BCUT2D eigenvalue weighted by Crippen LogP contribution is 2.46. The average molecular weight is 456 g/mol. The second-order valence-electron chi connectivity index (χ2n) is 6.22. The molecule has 0 amide bonds. The number of phosphoric acid groups is 1. The van der Waals surface area contributed by atoms with Crippen LogP contribution in [0.3, 0.4) is 0 Å². The maximum absolute atomic E-state index is 12.3. The first-order valence-corrected chi connectivity index (χ1v) is 10.2. The number of carbonyl (C=O) groups is 1. The Morgan fingerprint density at radius 3 is 2.29 bits per heavy atom. The van der Waals surface area contributed by atoms with Crippen LogP contribution in [0.1, 0.15) is 11.1 Å². The number of aliphatic carboxylic acids is 1. The van der Waals surface area contributed by atoms with E-state index in [0.717, 1.165) is 6.07 Å². The summed E-state index contributed by atoms with van der Waals surface area (Å²) in [5.74, 6) is -0.891. The number of rotatable bonds is 11. The first-order valence-electron chi connectivity index (χ1n) is 8.70. The largest absolute Gasteiger partial charge is 0.527 e. The van der Waals surface area contributed by atoms with Crippen LogP contribution < -0.4 is 19.7 Å². The number of phosphoric ester groups is 1. The second-order valence-corrected chi connectivity index (χ2v) is 7.60. The molecule has 0 saturated carbocycles. The molecular weight excluding hydrogens is 435 g/mol. The zero-order valence-electron chi connectivity index (χ0n) is 16.6. The number of nitrogens with two attached hydrogens (primary N) is 1. The molecule has 0 fully saturated rings. The van der Waals surface area contributed by atoms with Crippen molar-refractivity contribution in [2.75, 3.05) is 14.2 Å². The van der Waals surface area contributed by atoms with Crippen LogP contribution in [0.2, 0.25) is 0 Å². The Hall–Kier alpha value is -3.18. The monoisotopic (exact) mass is 456 g/mol. The third kappa shape index (κ3) is 6.66. The minimum absolute atomic E-state index is 0.0275. The Morgan fingerprint density at radius 1 is 1.19 bits per heavy atom. The van der Waals surface area contributed by atoms with Crippen LogP contribution >= 0.6 is 7.82 Å². The highest BCUT2D eigenvalue weighted by Gasteiger charge is 2.27. The summed E-state index contributed by atoms with van der Waals surface area (Å²) in [6.45, 7) is -0.615. The van der Waals surface area contributed by atoms with Crippen LogP contribution in [0.25, 0.3) is 0 Å². The van der Waals surface area contributed by atoms with Gasteiger partial charge in [-0.1, -0.05) is 12.1 Å². The Bertz CT molecular complexity index is 996. The van der Waals surface area contributed by atoms with Crippen molar-refractivity contribution in [3.05, 3.63) is 57.6 Å². The molecule has 2 atom stereocenters. The summed E-state index contributed by atoms with van der Waals surface area (Å²) >= 11 is 0. The number of methoxy groups -OCH3 is 2. The highest BCUT2D eigenvalue weighted by molar-refractivity contribution is 7.47. The molecular formula is C18H21N2O10P. The summed E-state index contributed by atoms with van der Waals surface area (Å²) in [5, 5.41) is 20.1. The number of carboxylic acid groups (broad SMARTS) is 1. The fourth-order valence-electron chi connectivity index (χ4n) is 2.53. The van der Waals surface area contributed by atoms with Gasteiger partial charge in [0.15, 0.2) is 11.5 Å². The highest BCUT2D eigenvalue weighted by atomic mass is 31.2. The Morgan fingerprint density at radius 2 is 1.77 bits per heavy atom. The predicted octanol–water partition coefficient (Wildman–Crippen LogP) is 2.26. The van der Waals surface area contributed by atoms with Crippen molar-refractivity contribution in [1.29, 1.82) is 0 Å². The molecule has 0 bridgehead atoms. The molecule has 0 aliphatic heterocycles. The van der Waals surface area contributed by atoms with E-state index in [-0.39, 0.29) is 29.2 Å². The number of benzene rings is 2. The van der Waals surface area contributed by atoms with Gasteiger partial charge in [-0.25, -0.2) is 4.57 Å². The van der Waals surface area contributed by atoms with Crippen molar-refractivity contribution in [3.8, 4) is 17.2 Å². The molecule has 0 aromatic heterocycles. The van der Waals surface area contributed by atoms with Gasteiger partial charge < -0.3 is 24.8 Å². The maximum atomic E-state index is 12.3. The lowest BCUT2D eigenvalue weighted by Gasteiger charge is -2.15. The summed E-state index contributed by atoms with van der Waals surface area (Å²) in [7, 11) is -2.00.